The first-order valence-corrected chi connectivity index (χ1v) is 9.88. The van der Waals surface area contributed by atoms with Gasteiger partial charge in [-0.15, -0.1) is 0 Å². The van der Waals surface area contributed by atoms with E-state index in [4.69, 9.17) is 16.3 Å². The van der Waals surface area contributed by atoms with Gasteiger partial charge in [-0.3, -0.25) is 4.79 Å². The number of carbonyl (C=O) groups excluding carboxylic acids is 1. The second kappa shape index (κ2) is 10.3. The molecule has 1 atom stereocenters. The number of halogens is 1. The molecule has 4 nitrogen and oxygen atoms in total. The fourth-order valence-corrected chi connectivity index (χ4v) is 3.04. The Kier molecular flexibility index (Phi) is 7.26. The number of hydrogen-bond acceptors (Lipinski definition) is 3. The fraction of sp³-hybridized carbons (Fsp3) is 0.120. The lowest BCUT2D eigenvalue weighted by molar-refractivity contribution is -0.117. The van der Waals surface area contributed by atoms with Crippen LogP contribution in [0, 0.1) is 11.3 Å². The van der Waals surface area contributed by atoms with Crippen molar-refractivity contribution in [3.63, 3.8) is 0 Å². The highest BCUT2D eigenvalue weighted by Gasteiger charge is 2.13. The fourth-order valence-electron chi connectivity index (χ4n) is 2.85. The number of amides is 1. The summed E-state index contributed by atoms with van der Waals surface area (Å²) >= 11 is 6.14. The summed E-state index contributed by atoms with van der Waals surface area (Å²) in [4.78, 5) is 12.5. The molecule has 1 N–H and O–H groups in total. The van der Waals surface area contributed by atoms with Gasteiger partial charge in [-0.2, -0.15) is 5.26 Å². The highest BCUT2D eigenvalue weighted by atomic mass is 35.5. The van der Waals surface area contributed by atoms with E-state index in [1.54, 1.807) is 30.3 Å². The average molecular weight is 417 g/mol. The van der Waals surface area contributed by atoms with Gasteiger partial charge in [0.15, 0.2) is 0 Å². The number of benzene rings is 3. The van der Waals surface area contributed by atoms with Gasteiger partial charge in [0.05, 0.1) is 6.04 Å². The Morgan fingerprint density at radius 2 is 1.73 bits per heavy atom. The van der Waals surface area contributed by atoms with E-state index in [0.717, 1.165) is 16.7 Å². The Hall–Kier alpha value is -3.55. The molecule has 0 saturated carbocycles. The zero-order valence-corrected chi connectivity index (χ0v) is 17.3. The lowest BCUT2D eigenvalue weighted by atomic mass is 10.1. The standard InChI is InChI=1S/C25H21ClN2O2/c1-18(20-7-3-2-4-8-20)28-25(29)22(16-27)15-19-11-13-23(14-12-19)30-17-21-9-5-6-10-24(21)26/h2-15,18H,17H2,1H3,(H,28,29). The Morgan fingerprint density at radius 3 is 2.40 bits per heavy atom. The molecule has 0 aliphatic rings. The summed E-state index contributed by atoms with van der Waals surface area (Å²) in [5, 5.41) is 12.9. The molecule has 0 spiro atoms. The second-order valence-corrected chi connectivity index (χ2v) is 7.13. The summed E-state index contributed by atoms with van der Waals surface area (Å²) in [5.74, 6) is 0.264. The van der Waals surface area contributed by atoms with Gasteiger partial charge in [-0.05, 0) is 42.3 Å². The maximum Gasteiger partial charge on any atom is 0.262 e. The molecule has 0 saturated heterocycles. The number of nitriles is 1. The Morgan fingerprint density at radius 1 is 1.07 bits per heavy atom. The lowest BCUT2D eigenvalue weighted by Crippen LogP contribution is -2.27. The summed E-state index contributed by atoms with van der Waals surface area (Å²) in [5.41, 5.74) is 2.66. The molecule has 30 heavy (non-hydrogen) atoms. The number of carbonyl (C=O) groups is 1. The third-order valence-electron chi connectivity index (χ3n) is 4.56. The second-order valence-electron chi connectivity index (χ2n) is 6.72. The number of nitrogens with zero attached hydrogens (tertiary/aromatic N) is 1. The lowest BCUT2D eigenvalue weighted by Gasteiger charge is -2.13. The monoisotopic (exact) mass is 416 g/mol. The molecule has 0 fully saturated rings. The summed E-state index contributed by atoms with van der Waals surface area (Å²) in [6.45, 7) is 2.24. The maximum atomic E-state index is 12.5. The largest absolute Gasteiger partial charge is 0.489 e. The third-order valence-corrected chi connectivity index (χ3v) is 4.92. The molecule has 3 aromatic rings. The number of rotatable bonds is 7. The van der Waals surface area contributed by atoms with Crippen LogP contribution in [0.4, 0.5) is 0 Å². The predicted octanol–water partition coefficient (Wildman–Crippen LogP) is 5.70. The van der Waals surface area contributed by atoms with Crippen molar-refractivity contribution in [1.29, 1.82) is 5.26 Å². The highest BCUT2D eigenvalue weighted by Crippen LogP contribution is 2.20. The summed E-state index contributed by atoms with van der Waals surface area (Å²) in [7, 11) is 0. The van der Waals surface area contributed by atoms with Gasteiger partial charge >= 0.3 is 0 Å². The normalized spacial score (nSPS) is 12.0. The molecule has 0 aliphatic carbocycles. The number of ether oxygens (including phenoxy) is 1. The van der Waals surface area contributed by atoms with Crippen LogP contribution in [-0.2, 0) is 11.4 Å². The minimum Gasteiger partial charge on any atom is -0.489 e. The molecule has 150 valence electrons. The molecule has 0 aromatic heterocycles. The number of nitrogens with one attached hydrogen (secondary N) is 1. The van der Waals surface area contributed by atoms with Crippen molar-refractivity contribution in [2.75, 3.05) is 0 Å². The van der Waals surface area contributed by atoms with Crippen molar-refractivity contribution in [3.8, 4) is 11.8 Å². The molecule has 1 amide bonds. The van der Waals surface area contributed by atoms with E-state index in [-0.39, 0.29) is 11.6 Å². The Bertz CT molecular complexity index is 1070. The molecule has 0 radical (unpaired) electrons. The molecule has 3 rings (SSSR count). The van der Waals surface area contributed by atoms with Crippen molar-refractivity contribution in [2.45, 2.75) is 19.6 Å². The van der Waals surface area contributed by atoms with Crippen LogP contribution in [0.15, 0.2) is 84.4 Å². The smallest absolute Gasteiger partial charge is 0.262 e. The molecular weight excluding hydrogens is 396 g/mol. The van der Waals surface area contributed by atoms with Crippen LogP contribution in [0.2, 0.25) is 5.02 Å². The summed E-state index contributed by atoms with van der Waals surface area (Å²) in [6.07, 6.45) is 1.56. The Labute approximate surface area is 181 Å². The zero-order chi connectivity index (χ0) is 21.3. The minimum absolute atomic E-state index is 0.0440. The van der Waals surface area contributed by atoms with Gasteiger partial charge in [-0.25, -0.2) is 0 Å². The highest BCUT2D eigenvalue weighted by molar-refractivity contribution is 6.31. The zero-order valence-electron chi connectivity index (χ0n) is 16.5. The van der Waals surface area contributed by atoms with Crippen LogP contribution in [0.3, 0.4) is 0 Å². The predicted molar refractivity (Wildman–Crippen MR) is 119 cm³/mol. The van der Waals surface area contributed by atoms with Gasteiger partial charge in [-0.1, -0.05) is 72.3 Å². The van der Waals surface area contributed by atoms with Crippen LogP contribution < -0.4 is 10.1 Å². The van der Waals surface area contributed by atoms with Crippen molar-refractivity contribution in [3.05, 3.63) is 106 Å². The first kappa shape index (κ1) is 21.2. The van der Waals surface area contributed by atoms with Crippen molar-refractivity contribution in [1.82, 2.24) is 5.32 Å². The van der Waals surface area contributed by atoms with Crippen molar-refractivity contribution in [2.24, 2.45) is 0 Å². The van der Waals surface area contributed by atoms with E-state index >= 15 is 0 Å². The minimum atomic E-state index is -0.409. The van der Waals surface area contributed by atoms with E-state index in [1.165, 1.54) is 0 Å². The summed E-state index contributed by atoms with van der Waals surface area (Å²) in [6, 6.07) is 26.1. The van der Waals surface area contributed by atoms with E-state index in [9.17, 15) is 10.1 Å². The van der Waals surface area contributed by atoms with Crippen LogP contribution in [0.1, 0.15) is 29.7 Å². The van der Waals surface area contributed by atoms with Crippen LogP contribution >= 0.6 is 11.6 Å². The third kappa shape index (κ3) is 5.73. The molecular formula is C25H21ClN2O2. The SMILES string of the molecule is CC(NC(=O)C(C#N)=Cc1ccc(OCc2ccccc2Cl)cc1)c1ccccc1. The Balaban J connectivity index is 1.63. The first-order valence-electron chi connectivity index (χ1n) is 9.50. The molecule has 1 unspecified atom stereocenters. The maximum absolute atomic E-state index is 12.5. The van der Waals surface area contributed by atoms with E-state index in [0.29, 0.717) is 17.4 Å². The topological polar surface area (TPSA) is 62.1 Å². The molecule has 0 heterocycles. The van der Waals surface area contributed by atoms with Gasteiger partial charge in [0.25, 0.3) is 5.91 Å². The molecule has 0 bridgehead atoms. The first-order chi connectivity index (χ1) is 14.6. The van der Waals surface area contributed by atoms with E-state index < -0.39 is 5.91 Å². The molecule has 0 aliphatic heterocycles. The van der Waals surface area contributed by atoms with Crippen molar-refractivity contribution >= 4 is 23.6 Å². The van der Waals surface area contributed by atoms with Crippen LogP contribution in [0.25, 0.3) is 6.08 Å². The van der Waals surface area contributed by atoms with Crippen LogP contribution in [-0.4, -0.2) is 5.91 Å². The van der Waals surface area contributed by atoms with Crippen LogP contribution in [0.5, 0.6) is 5.75 Å². The van der Waals surface area contributed by atoms with Gasteiger partial charge in [0.2, 0.25) is 0 Å². The number of hydrogen-bond donors (Lipinski definition) is 1. The van der Waals surface area contributed by atoms with Gasteiger partial charge < -0.3 is 10.1 Å². The quantitative estimate of drug-likeness (QED) is 0.396. The van der Waals surface area contributed by atoms with E-state index in [1.807, 2.05) is 67.6 Å². The van der Waals surface area contributed by atoms with E-state index in [2.05, 4.69) is 5.32 Å². The van der Waals surface area contributed by atoms with Crippen molar-refractivity contribution < 1.29 is 9.53 Å². The summed E-state index contributed by atoms with van der Waals surface area (Å²) < 4.78 is 5.76. The molecule has 5 heteroatoms. The van der Waals surface area contributed by atoms with Gasteiger partial charge in [0.1, 0.15) is 24.0 Å². The molecule has 3 aromatic carbocycles. The average Bonchev–Trinajstić information content (AvgIpc) is 2.78. The van der Waals surface area contributed by atoms with Gasteiger partial charge in [0, 0.05) is 10.6 Å².